The highest BCUT2D eigenvalue weighted by atomic mass is 16.4. The average Bonchev–Trinajstić information content (AvgIpc) is 2.30. The lowest BCUT2D eigenvalue weighted by Gasteiger charge is -2.12. The van der Waals surface area contributed by atoms with E-state index in [-0.39, 0.29) is 0 Å². The molecule has 0 aliphatic carbocycles. The second-order valence-corrected chi connectivity index (χ2v) is 3.76. The zero-order chi connectivity index (χ0) is 12.0. The van der Waals surface area contributed by atoms with Crippen LogP contribution in [0.4, 0.5) is 0 Å². The molecule has 1 atom stereocenters. The van der Waals surface area contributed by atoms with Gasteiger partial charge in [0, 0.05) is 18.6 Å². The fourth-order valence-electron chi connectivity index (χ4n) is 1.58. The van der Waals surface area contributed by atoms with E-state index >= 15 is 0 Å². The Hall–Kier alpha value is -1.64. The second kappa shape index (κ2) is 6.05. The van der Waals surface area contributed by atoms with Gasteiger partial charge >= 0.3 is 0 Å². The number of carboxylic acid groups (broad SMARTS) is 1. The van der Waals surface area contributed by atoms with Crippen LogP contribution in [-0.2, 0) is 4.79 Å². The van der Waals surface area contributed by atoms with Crippen LogP contribution >= 0.6 is 0 Å². The largest absolute Gasteiger partial charge is 0.543 e. The number of carbonyl (C=O) groups is 1. The van der Waals surface area contributed by atoms with E-state index < -0.39 is 12.0 Å². The Bertz CT molecular complexity index is 357. The smallest absolute Gasteiger partial charge is 0.197 e. The van der Waals surface area contributed by atoms with E-state index in [4.69, 9.17) is 0 Å². The van der Waals surface area contributed by atoms with E-state index in [1.807, 2.05) is 19.1 Å². The van der Waals surface area contributed by atoms with E-state index in [0.29, 0.717) is 6.42 Å². The van der Waals surface area contributed by atoms with Crippen molar-refractivity contribution in [1.29, 1.82) is 0 Å². The predicted octanol–water partition coefficient (Wildman–Crippen LogP) is 1.10. The molecule has 0 aliphatic heterocycles. The van der Waals surface area contributed by atoms with Gasteiger partial charge in [-0.3, -0.25) is 0 Å². The summed E-state index contributed by atoms with van der Waals surface area (Å²) in [7, 11) is 0. The van der Waals surface area contributed by atoms with Gasteiger partial charge in [0.25, 0.3) is 0 Å². The van der Waals surface area contributed by atoms with Crippen LogP contribution in [0.15, 0.2) is 31.1 Å². The number of carbonyl (C=O) groups excluding carboxylic acids is 1. The van der Waals surface area contributed by atoms with Gasteiger partial charge in [0.2, 0.25) is 0 Å². The third-order valence-electron chi connectivity index (χ3n) is 2.58. The molecule has 0 aromatic carbocycles. The van der Waals surface area contributed by atoms with Crippen molar-refractivity contribution in [2.24, 2.45) is 0 Å². The average molecular weight is 219 g/mol. The molecule has 1 heterocycles. The molecule has 16 heavy (non-hydrogen) atoms. The molecule has 1 aromatic rings. The van der Waals surface area contributed by atoms with Crippen LogP contribution in [0.2, 0.25) is 0 Å². The van der Waals surface area contributed by atoms with Gasteiger partial charge in [-0.1, -0.05) is 26.0 Å². The fourth-order valence-corrected chi connectivity index (χ4v) is 1.58. The summed E-state index contributed by atoms with van der Waals surface area (Å²) in [6.45, 7) is 5.69. The number of nitrogens with zero attached hydrogens (tertiary/aromatic N) is 1. The number of rotatable bonds is 6. The summed E-state index contributed by atoms with van der Waals surface area (Å²) in [5.41, 5.74) is 0.976. The van der Waals surface area contributed by atoms with Crippen molar-refractivity contribution >= 4 is 12.0 Å². The lowest BCUT2D eigenvalue weighted by molar-refractivity contribution is -0.716. The summed E-state index contributed by atoms with van der Waals surface area (Å²) in [5.74, 6) is -1.02. The zero-order valence-electron chi connectivity index (χ0n) is 9.56. The minimum absolute atomic E-state index is 0.571. The summed E-state index contributed by atoms with van der Waals surface area (Å²) < 4.78 is 1.68. The van der Waals surface area contributed by atoms with Crippen LogP contribution in [0, 0.1) is 0 Å². The Balaban J connectivity index is 2.83. The minimum atomic E-state index is -1.02. The molecule has 0 aliphatic rings. The van der Waals surface area contributed by atoms with Crippen molar-refractivity contribution in [2.75, 3.05) is 0 Å². The Morgan fingerprint density at radius 1 is 1.56 bits per heavy atom. The molecule has 1 aromatic heterocycles. The monoisotopic (exact) mass is 219 g/mol. The summed E-state index contributed by atoms with van der Waals surface area (Å²) in [5, 5.41) is 11.0. The maximum Gasteiger partial charge on any atom is 0.197 e. The lowest BCUT2D eigenvalue weighted by Crippen LogP contribution is -2.49. The molecule has 0 amide bonds. The zero-order valence-corrected chi connectivity index (χ0v) is 9.56. The number of hydrogen-bond donors (Lipinski definition) is 0. The first-order valence-corrected chi connectivity index (χ1v) is 5.53. The molecule has 0 fully saturated rings. The Labute approximate surface area is 96.0 Å². The maximum atomic E-state index is 11.0. The van der Waals surface area contributed by atoms with Gasteiger partial charge < -0.3 is 9.90 Å². The van der Waals surface area contributed by atoms with Gasteiger partial charge in [-0.2, -0.15) is 4.57 Å². The number of aromatic nitrogens is 1. The van der Waals surface area contributed by atoms with Crippen molar-refractivity contribution < 1.29 is 14.5 Å². The Morgan fingerprint density at radius 2 is 2.19 bits per heavy atom. The molecule has 0 saturated heterocycles. The molecular weight excluding hydrogens is 202 g/mol. The van der Waals surface area contributed by atoms with Crippen LogP contribution in [0.3, 0.4) is 0 Å². The predicted molar refractivity (Wildman–Crippen MR) is 60.3 cm³/mol. The van der Waals surface area contributed by atoms with E-state index in [1.54, 1.807) is 23.0 Å². The van der Waals surface area contributed by atoms with Crippen LogP contribution in [0.1, 0.15) is 37.8 Å². The summed E-state index contributed by atoms with van der Waals surface area (Å²) in [6, 6.07) is 3.11. The Kier molecular flexibility index (Phi) is 4.70. The molecule has 0 spiro atoms. The van der Waals surface area contributed by atoms with Crippen molar-refractivity contribution in [3.8, 4) is 0 Å². The molecule has 3 nitrogen and oxygen atoms in total. The first-order valence-electron chi connectivity index (χ1n) is 5.53. The lowest BCUT2D eigenvalue weighted by atomic mass is 10.1. The minimum Gasteiger partial charge on any atom is -0.543 e. The van der Waals surface area contributed by atoms with Crippen LogP contribution in [0.25, 0.3) is 6.08 Å². The Morgan fingerprint density at radius 3 is 2.62 bits per heavy atom. The molecule has 86 valence electrons. The summed E-state index contributed by atoms with van der Waals surface area (Å²) >= 11 is 0. The number of aliphatic carboxylic acids is 1. The van der Waals surface area contributed by atoms with Crippen LogP contribution in [-0.4, -0.2) is 5.97 Å². The molecule has 0 saturated carbocycles. The first kappa shape index (κ1) is 12.4. The summed E-state index contributed by atoms with van der Waals surface area (Å²) in [4.78, 5) is 11.0. The fraction of sp³-hybridized carbons (Fsp3) is 0.385. The van der Waals surface area contributed by atoms with E-state index in [9.17, 15) is 9.90 Å². The molecule has 0 bridgehead atoms. The number of hydrogen-bond acceptors (Lipinski definition) is 2. The molecule has 0 radical (unpaired) electrons. The standard InChI is InChI=1S/C13H17NO2/c1-3-5-6-12(13(15)16)14-9-7-11(4-2)8-10-14/h4,7-10,12H,2-3,5-6H2,1H3. The third kappa shape index (κ3) is 3.19. The molecule has 3 heteroatoms. The third-order valence-corrected chi connectivity index (χ3v) is 2.58. The quantitative estimate of drug-likeness (QED) is 0.672. The van der Waals surface area contributed by atoms with Gasteiger partial charge in [0.05, 0.1) is 0 Å². The number of unbranched alkanes of at least 4 members (excludes halogenated alkanes) is 1. The number of carboxylic acids is 1. The van der Waals surface area contributed by atoms with Crippen molar-refractivity contribution in [3.05, 3.63) is 36.7 Å². The van der Waals surface area contributed by atoms with Crippen LogP contribution < -0.4 is 9.67 Å². The van der Waals surface area contributed by atoms with Gasteiger partial charge in [-0.25, -0.2) is 0 Å². The van der Waals surface area contributed by atoms with E-state index in [2.05, 4.69) is 6.58 Å². The van der Waals surface area contributed by atoms with Gasteiger partial charge in [-0.15, -0.1) is 0 Å². The van der Waals surface area contributed by atoms with Crippen molar-refractivity contribution in [1.82, 2.24) is 0 Å². The number of pyridine rings is 1. The molecule has 0 N–H and O–H groups in total. The highest BCUT2D eigenvalue weighted by molar-refractivity contribution is 5.67. The van der Waals surface area contributed by atoms with Crippen LogP contribution in [0.5, 0.6) is 0 Å². The topological polar surface area (TPSA) is 44.0 Å². The maximum absolute atomic E-state index is 11.0. The molecular formula is C13H17NO2. The van der Waals surface area contributed by atoms with E-state index in [0.717, 1.165) is 18.4 Å². The van der Waals surface area contributed by atoms with Crippen molar-refractivity contribution in [3.63, 3.8) is 0 Å². The van der Waals surface area contributed by atoms with Crippen molar-refractivity contribution in [2.45, 2.75) is 32.2 Å². The highest BCUT2D eigenvalue weighted by Crippen LogP contribution is 2.08. The highest BCUT2D eigenvalue weighted by Gasteiger charge is 2.18. The van der Waals surface area contributed by atoms with E-state index in [1.165, 1.54) is 0 Å². The van der Waals surface area contributed by atoms with Gasteiger partial charge in [0.1, 0.15) is 5.97 Å². The second-order valence-electron chi connectivity index (χ2n) is 3.76. The SMILES string of the molecule is C=Cc1cc[n+](C(CCCC)C(=O)[O-])cc1. The first-order chi connectivity index (χ1) is 7.69. The van der Waals surface area contributed by atoms with Gasteiger partial charge in [0.15, 0.2) is 18.4 Å². The molecule has 1 unspecified atom stereocenters. The normalized spacial score (nSPS) is 12.1. The van der Waals surface area contributed by atoms with Gasteiger partial charge in [-0.05, 0) is 12.0 Å². The molecule has 1 rings (SSSR count). The summed E-state index contributed by atoms with van der Waals surface area (Å²) in [6.07, 6.45) is 7.71.